The fourth-order valence-corrected chi connectivity index (χ4v) is 2.58. The normalized spacial score (nSPS) is 20.6. The van der Waals surface area contributed by atoms with Crippen LogP contribution in [0.5, 0.6) is 0 Å². The highest BCUT2D eigenvalue weighted by molar-refractivity contribution is 7.09. The van der Waals surface area contributed by atoms with E-state index in [9.17, 15) is 0 Å². The van der Waals surface area contributed by atoms with E-state index < -0.39 is 0 Å². The highest BCUT2D eigenvalue weighted by atomic mass is 32.1. The van der Waals surface area contributed by atoms with Crippen molar-refractivity contribution in [2.24, 2.45) is 4.99 Å². The summed E-state index contributed by atoms with van der Waals surface area (Å²) < 4.78 is 10.8. The Morgan fingerprint density at radius 3 is 3.32 bits per heavy atom. The molecule has 0 aliphatic carbocycles. The third-order valence-corrected chi connectivity index (χ3v) is 3.66. The van der Waals surface area contributed by atoms with Crippen LogP contribution in [0.15, 0.2) is 16.6 Å². The standard InChI is InChI=1S/C12H20N4O2S/c1-13-12(15-7-11-14-3-6-19-11)16-4-5-18-10(8-16)9-17-2/h3,6,10H,4-5,7-9H2,1-2H3,(H,13,15). The molecule has 1 aromatic heterocycles. The van der Waals surface area contributed by atoms with Crippen LogP contribution in [0, 0.1) is 0 Å². The zero-order chi connectivity index (χ0) is 13.5. The molecule has 0 amide bonds. The van der Waals surface area contributed by atoms with Crippen LogP contribution < -0.4 is 5.32 Å². The first-order valence-corrected chi connectivity index (χ1v) is 7.16. The van der Waals surface area contributed by atoms with Gasteiger partial charge in [-0.15, -0.1) is 11.3 Å². The van der Waals surface area contributed by atoms with Gasteiger partial charge in [-0.1, -0.05) is 0 Å². The number of ether oxygens (including phenoxy) is 2. The Morgan fingerprint density at radius 1 is 1.74 bits per heavy atom. The van der Waals surface area contributed by atoms with Crippen LogP contribution in [0.1, 0.15) is 5.01 Å². The number of hydrogen-bond donors (Lipinski definition) is 1. The van der Waals surface area contributed by atoms with Crippen LogP contribution in [0.25, 0.3) is 0 Å². The van der Waals surface area contributed by atoms with Gasteiger partial charge in [0.05, 0.1) is 25.9 Å². The van der Waals surface area contributed by atoms with Gasteiger partial charge in [0.1, 0.15) is 5.01 Å². The minimum atomic E-state index is 0.108. The average molecular weight is 284 g/mol. The number of nitrogens with zero attached hydrogens (tertiary/aromatic N) is 3. The summed E-state index contributed by atoms with van der Waals surface area (Å²) in [4.78, 5) is 10.8. The van der Waals surface area contributed by atoms with Crippen molar-refractivity contribution in [2.75, 3.05) is 40.5 Å². The molecule has 1 saturated heterocycles. The van der Waals surface area contributed by atoms with Crippen LogP contribution in [0.2, 0.25) is 0 Å². The summed E-state index contributed by atoms with van der Waals surface area (Å²) in [6.07, 6.45) is 1.92. The van der Waals surface area contributed by atoms with Crippen molar-refractivity contribution in [3.05, 3.63) is 16.6 Å². The summed E-state index contributed by atoms with van der Waals surface area (Å²) in [6.45, 7) is 3.66. The molecule has 1 aliphatic rings. The van der Waals surface area contributed by atoms with Crippen LogP contribution in [0.3, 0.4) is 0 Å². The SMILES string of the molecule is CN=C(NCc1nccs1)N1CCOC(COC)C1. The first-order valence-electron chi connectivity index (χ1n) is 6.28. The molecule has 0 radical (unpaired) electrons. The van der Waals surface area contributed by atoms with E-state index in [2.05, 4.69) is 20.2 Å². The van der Waals surface area contributed by atoms with E-state index >= 15 is 0 Å². The van der Waals surface area contributed by atoms with Crippen molar-refractivity contribution < 1.29 is 9.47 Å². The molecule has 19 heavy (non-hydrogen) atoms. The first kappa shape index (κ1) is 14.2. The molecule has 2 heterocycles. The molecule has 7 heteroatoms. The molecule has 2 rings (SSSR count). The Labute approximate surface area is 117 Å². The highest BCUT2D eigenvalue weighted by Crippen LogP contribution is 2.07. The zero-order valence-corrected chi connectivity index (χ0v) is 12.2. The van der Waals surface area contributed by atoms with E-state index in [4.69, 9.17) is 9.47 Å². The molecule has 1 aromatic rings. The Morgan fingerprint density at radius 2 is 2.63 bits per heavy atom. The quantitative estimate of drug-likeness (QED) is 0.647. The van der Waals surface area contributed by atoms with Crippen molar-refractivity contribution in [1.82, 2.24) is 15.2 Å². The number of methoxy groups -OCH3 is 1. The monoisotopic (exact) mass is 284 g/mol. The van der Waals surface area contributed by atoms with Crippen LogP contribution in [-0.2, 0) is 16.0 Å². The lowest BCUT2D eigenvalue weighted by molar-refractivity contribution is -0.0447. The molecule has 0 spiro atoms. The molecule has 6 nitrogen and oxygen atoms in total. The predicted molar refractivity (Wildman–Crippen MR) is 75.5 cm³/mol. The molecular formula is C12H20N4O2S. The summed E-state index contributed by atoms with van der Waals surface area (Å²) in [7, 11) is 3.49. The number of rotatable bonds is 4. The Kier molecular flexibility index (Phi) is 5.56. The van der Waals surface area contributed by atoms with Gasteiger partial charge >= 0.3 is 0 Å². The maximum atomic E-state index is 5.63. The molecule has 1 fully saturated rings. The molecule has 106 valence electrons. The molecule has 0 aromatic carbocycles. The average Bonchev–Trinajstić information content (AvgIpc) is 2.94. The van der Waals surface area contributed by atoms with Gasteiger partial charge in [-0.05, 0) is 0 Å². The maximum Gasteiger partial charge on any atom is 0.194 e. The molecule has 1 atom stereocenters. The number of guanidine groups is 1. The van der Waals surface area contributed by atoms with E-state index in [1.165, 1.54) is 0 Å². The molecule has 0 bridgehead atoms. The fraction of sp³-hybridized carbons (Fsp3) is 0.667. The number of aliphatic imine (C=N–C) groups is 1. The van der Waals surface area contributed by atoms with Crippen molar-refractivity contribution >= 4 is 17.3 Å². The van der Waals surface area contributed by atoms with Crippen molar-refractivity contribution in [2.45, 2.75) is 12.6 Å². The second-order valence-corrected chi connectivity index (χ2v) is 5.20. The first-order chi connectivity index (χ1) is 9.33. The summed E-state index contributed by atoms with van der Waals surface area (Å²) in [6, 6.07) is 0. The Bertz CT molecular complexity index is 394. The van der Waals surface area contributed by atoms with Gasteiger partial charge < -0.3 is 19.7 Å². The summed E-state index contributed by atoms with van der Waals surface area (Å²) in [5, 5.41) is 6.37. The lowest BCUT2D eigenvalue weighted by Gasteiger charge is -2.34. The largest absolute Gasteiger partial charge is 0.382 e. The lowest BCUT2D eigenvalue weighted by atomic mass is 10.3. The summed E-state index contributed by atoms with van der Waals surface area (Å²) >= 11 is 1.64. The minimum absolute atomic E-state index is 0.108. The minimum Gasteiger partial charge on any atom is -0.382 e. The van der Waals surface area contributed by atoms with Crippen LogP contribution >= 0.6 is 11.3 Å². The topological polar surface area (TPSA) is 59.0 Å². The Hall–Kier alpha value is -1.18. The van der Waals surface area contributed by atoms with Crippen LogP contribution in [-0.4, -0.2) is 62.4 Å². The van der Waals surface area contributed by atoms with Gasteiger partial charge in [0.2, 0.25) is 0 Å². The number of aromatic nitrogens is 1. The lowest BCUT2D eigenvalue weighted by Crippen LogP contribution is -2.51. The predicted octanol–water partition coefficient (Wildman–Crippen LogP) is 0.566. The van der Waals surface area contributed by atoms with E-state index in [0.29, 0.717) is 19.8 Å². The molecule has 1 N–H and O–H groups in total. The molecular weight excluding hydrogens is 264 g/mol. The van der Waals surface area contributed by atoms with E-state index in [1.807, 2.05) is 11.6 Å². The summed E-state index contributed by atoms with van der Waals surface area (Å²) in [5.74, 6) is 0.889. The van der Waals surface area contributed by atoms with Gasteiger partial charge in [0.15, 0.2) is 5.96 Å². The third kappa shape index (κ3) is 4.15. The highest BCUT2D eigenvalue weighted by Gasteiger charge is 2.22. The van der Waals surface area contributed by atoms with Gasteiger partial charge in [-0.25, -0.2) is 4.98 Å². The number of nitrogens with one attached hydrogen (secondary N) is 1. The zero-order valence-electron chi connectivity index (χ0n) is 11.3. The maximum absolute atomic E-state index is 5.63. The van der Waals surface area contributed by atoms with E-state index in [0.717, 1.165) is 24.1 Å². The second-order valence-electron chi connectivity index (χ2n) is 4.22. The second kappa shape index (κ2) is 7.42. The van der Waals surface area contributed by atoms with Crippen LogP contribution in [0.4, 0.5) is 0 Å². The number of morpholine rings is 1. The molecule has 0 saturated carbocycles. The van der Waals surface area contributed by atoms with Crippen molar-refractivity contribution in [1.29, 1.82) is 0 Å². The van der Waals surface area contributed by atoms with Gasteiger partial charge in [-0.3, -0.25) is 4.99 Å². The van der Waals surface area contributed by atoms with Crippen molar-refractivity contribution in [3.8, 4) is 0 Å². The number of thiazole rings is 1. The summed E-state index contributed by atoms with van der Waals surface area (Å²) in [5.41, 5.74) is 0. The van der Waals surface area contributed by atoms with Gasteiger partial charge in [0.25, 0.3) is 0 Å². The van der Waals surface area contributed by atoms with E-state index in [-0.39, 0.29) is 6.10 Å². The van der Waals surface area contributed by atoms with Gasteiger partial charge in [-0.2, -0.15) is 0 Å². The molecule has 1 unspecified atom stereocenters. The number of hydrogen-bond acceptors (Lipinski definition) is 5. The van der Waals surface area contributed by atoms with E-state index in [1.54, 1.807) is 25.5 Å². The molecule has 1 aliphatic heterocycles. The third-order valence-electron chi connectivity index (χ3n) is 2.88. The van der Waals surface area contributed by atoms with Gasteiger partial charge in [0, 0.05) is 38.8 Å². The Balaban J connectivity index is 1.86. The van der Waals surface area contributed by atoms with Crippen molar-refractivity contribution in [3.63, 3.8) is 0 Å². The fourth-order valence-electron chi connectivity index (χ4n) is 2.03. The smallest absolute Gasteiger partial charge is 0.194 e.